The summed E-state index contributed by atoms with van der Waals surface area (Å²) in [5.74, 6) is 0.845. The lowest BCUT2D eigenvalue weighted by atomic mass is 10.2. The Labute approximate surface area is 112 Å². The number of nitrogens with zero attached hydrogens (tertiary/aromatic N) is 2. The molecular formula is C13H19N3OS. The van der Waals surface area contributed by atoms with Crippen LogP contribution in [0, 0.1) is 6.92 Å². The molecule has 0 saturated heterocycles. The van der Waals surface area contributed by atoms with Crippen LogP contribution < -0.4 is 5.32 Å². The standard InChI is InChI=1S/C13H19N3OS/c1-3-18-13-14-9(2)8-11(16-13)12(17)15-10-6-4-5-7-10/h8,10H,3-7H2,1-2H3,(H,15,17). The lowest BCUT2D eigenvalue weighted by molar-refractivity contribution is 0.0931. The van der Waals surface area contributed by atoms with Gasteiger partial charge in [-0.1, -0.05) is 31.5 Å². The Bertz CT molecular complexity index is 430. The van der Waals surface area contributed by atoms with Crippen LogP contribution in [0.4, 0.5) is 0 Å². The van der Waals surface area contributed by atoms with Gasteiger partial charge in [-0.3, -0.25) is 4.79 Å². The Morgan fingerprint density at radius 1 is 1.44 bits per heavy atom. The maximum Gasteiger partial charge on any atom is 0.270 e. The third kappa shape index (κ3) is 3.45. The zero-order chi connectivity index (χ0) is 13.0. The summed E-state index contributed by atoms with van der Waals surface area (Å²) in [4.78, 5) is 20.7. The summed E-state index contributed by atoms with van der Waals surface area (Å²) in [5.41, 5.74) is 1.34. The third-order valence-electron chi connectivity index (χ3n) is 3.03. The highest BCUT2D eigenvalue weighted by molar-refractivity contribution is 7.99. The molecule has 0 aromatic carbocycles. The van der Waals surface area contributed by atoms with Crippen LogP contribution in [0.5, 0.6) is 0 Å². The van der Waals surface area contributed by atoms with E-state index in [-0.39, 0.29) is 5.91 Å². The Kier molecular flexibility index (Phi) is 4.58. The van der Waals surface area contributed by atoms with E-state index in [1.165, 1.54) is 12.8 Å². The zero-order valence-electron chi connectivity index (χ0n) is 10.9. The average molecular weight is 265 g/mol. The minimum absolute atomic E-state index is 0.0645. The van der Waals surface area contributed by atoms with E-state index in [1.54, 1.807) is 17.8 Å². The molecule has 0 radical (unpaired) electrons. The number of hydrogen-bond acceptors (Lipinski definition) is 4. The number of carbonyl (C=O) groups is 1. The molecule has 0 bridgehead atoms. The molecule has 1 N–H and O–H groups in total. The molecule has 0 atom stereocenters. The van der Waals surface area contributed by atoms with Gasteiger partial charge in [0.25, 0.3) is 5.91 Å². The van der Waals surface area contributed by atoms with Gasteiger partial charge < -0.3 is 5.32 Å². The molecule has 1 saturated carbocycles. The van der Waals surface area contributed by atoms with E-state index >= 15 is 0 Å². The minimum Gasteiger partial charge on any atom is -0.348 e. The fraction of sp³-hybridized carbons (Fsp3) is 0.615. The smallest absolute Gasteiger partial charge is 0.270 e. The van der Waals surface area contributed by atoms with E-state index in [1.807, 2.05) is 6.92 Å². The molecule has 4 nitrogen and oxygen atoms in total. The first-order valence-electron chi connectivity index (χ1n) is 6.48. The van der Waals surface area contributed by atoms with Crippen LogP contribution in [-0.4, -0.2) is 27.7 Å². The van der Waals surface area contributed by atoms with Crippen molar-refractivity contribution in [1.82, 2.24) is 15.3 Å². The van der Waals surface area contributed by atoms with Crippen molar-refractivity contribution in [3.8, 4) is 0 Å². The fourth-order valence-corrected chi connectivity index (χ4v) is 2.81. The van der Waals surface area contributed by atoms with Gasteiger partial charge in [-0.25, -0.2) is 9.97 Å². The summed E-state index contributed by atoms with van der Waals surface area (Å²) in [7, 11) is 0. The van der Waals surface area contributed by atoms with Gasteiger partial charge in [-0.2, -0.15) is 0 Å². The summed E-state index contributed by atoms with van der Waals surface area (Å²) in [6.45, 7) is 3.95. The van der Waals surface area contributed by atoms with Gasteiger partial charge in [0.1, 0.15) is 5.69 Å². The summed E-state index contributed by atoms with van der Waals surface area (Å²) >= 11 is 1.56. The molecule has 1 heterocycles. The van der Waals surface area contributed by atoms with Gasteiger partial charge in [-0.15, -0.1) is 0 Å². The minimum atomic E-state index is -0.0645. The van der Waals surface area contributed by atoms with Crippen LogP contribution in [0.15, 0.2) is 11.2 Å². The van der Waals surface area contributed by atoms with Gasteiger partial charge in [0.2, 0.25) is 0 Å². The maximum atomic E-state index is 12.1. The lowest BCUT2D eigenvalue weighted by Gasteiger charge is -2.12. The molecule has 0 aliphatic heterocycles. The van der Waals surface area contributed by atoms with Crippen LogP contribution in [-0.2, 0) is 0 Å². The molecule has 1 aliphatic carbocycles. The average Bonchev–Trinajstić information content (AvgIpc) is 2.81. The number of hydrogen-bond donors (Lipinski definition) is 1. The van der Waals surface area contributed by atoms with Gasteiger partial charge in [0, 0.05) is 11.7 Å². The molecule has 2 rings (SSSR count). The summed E-state index contributed by atoms with van der Waals surface area (Å²) in [6.07, 6.45) is 4.61. The normalized spacial score (nSPS) is 15.9. The van der Waals surface area contributed by atoms with Crippen LogP contribution in [0.25, 0.3) is 0 Å². The summed E-state index contributed by atoms with van der Waals surface area (Å²) < 4.78 is 0. The molecule has 1 amide bonds. The van der Waals surface area contributed by atoms with Gasteiger partial charge in [0.05, 0.1) is 0 Å². The van der Waals surface area contributed by atoms with Crippen LogP contribution in [0.3, 0.4) is 0 Å². The molecule has 98 valence electrons. The van der Waals surface area contributed by atoms with Crippen molar-refractivity contribution in [2.24, 2.45) is 0 Å². The first-order valence-corrected chi connectivity index (χ1v) is 7.47. The molecule has 1 aromatic heterocycles. The van der Waals surface area contributed by atoms with Crippen molar-refractivity contribution in [3.05, 3.63) is 17.5 Å². The number of rotatable bonds is 4. The predicted octanol–water partition coefficient (Wildman–Crippen LogP) is 2.57. The van der Waals surface area contributed by atoms with Gasteiger partial charge in [-0.05, 0) is 31.6 Å². The van der Waals surface area contributed by atoms with Crippen LogP contribution in [0.1, 0.15) is 48.8 Å². The topological polar surface area (TPSA) is 54.9 Å². The molecule has 18 heavy (non-hydrogen) atoms. The number of carbonyl (C=O) groups excluding carboxylic acids is 1. The zero-order valence-corrected chi connectivity index (χ0v) is 11.7. The van der Waals surface area contributed by atoms with Crippen LogP contribution >= 0.6 is 11.8 Å². The molecule has 0 spiro atoms. The predicted molar refractivity (Wildman–Crippen MR) is 72.9 cm³/mol. The third-order valence-corrected chi connectivity index (χ3v) is 3.76. The van der Waals surface area contributed by atoms with Gasteiger partial charge >= 0.3 is 0 Å². The first kappa shape index (κ1) is 13.3. The highest BCUT2D eigenvalue weighted by Gasteiger charge is 2.19. The van der Waals surface area contributed by atoms with E-state index in [2.05, 4.69) is 22.2 Å². The lowest BCUT2D eigenvalue weighted by Crippen LogP contribution is -2.33. The second kappa shape index (κ2) is 6.18. The van der Waals surface area contributed by atoms with Crippen molar-refractivity contribution in [1.29, 1.82) is 0 Å². The fourth-order valence-electron chi connectivity index (χ4n) is 2.18. The molecular weight excluding hydrogens is 246 g/mol. The Balaban J connectivity index is 2.08. The summed E-state index contributed by atoms with van der Waals surface area (Å²) in [5, 5.41) is 3.74. The van der Waals surface area contributed by atoms with Crippen molar-refractivity contribution < 1.29 is 4.79 Å². The number of aryl methyl sites for hydroxylation is 1. The van der Waals surface area contributed by atoms with Crippen molar-refractivity contribution in [2.75, 3.05) is 5.75 Å². The molecule has 1 aromatic rings. The largest absolute Gasteiger partial charge is 0.348 e. The number of aromatic nitrogens is 2. The van der Waals surface area contributed by atoms with E-state index in [4.69, 9.17) is 0 Å². The second-order valence-electron chi connectivity index (χ2n) is 4.56. The van der Waals surface area contributed by atoms with Crippen molar-refractivity contribution in [2.45, 2.75) is 50.7 Å². The van der Waals surface area contributed by atoms with Crippen LogP contribution in [0.2, 0.25) is 0 Å². The van der Waals surface area contributed by atoms with Crippen molar-refractivity contribution >= 4 is 17.7 Å². The molecule has 1 aliphatic rings. The van der Waals surface area contributed by atoms with E-state index < -0.39 is 0 Å². The quantitative estimate of drug-likeness (QED) is 0.671. The second-order valence-corrected chi connectivity index (χ2v) is 5.80. The number of nitrogens with one attached hydrogen (secondary N) is 1. The molecule has 5 heteroatoms. The maximum absolute atomic E-state index is 12.1. The highest BCUT2D eigenvalue weighted by Crippen LogP contribution is 2.18. The SMILES string of the molecule is CCSc1nc(C)cc(C(=O)NC2CCCC2)n1. The Morgan fingerprint density at radius 2 is 2.17 bits per heavy atom. The monoisotopic (exact) mass is 265 g/mol. The number of amides is 1. The van der Waals surface area contributed by atoms with Crippen molar-refractivity contribution in [3.63, 3.8) is 0 Å². The first-order chi connectivity index (χ1) is 8.69. The number of thioether (sulfide) groups is 1. The highest BCUT2D eigenvalue weighted by atomic mass is 32.2. The van der Waals surface area contributed by atoms with Gasteiger partial charge in [0.15, 0.2) is 5.16 Å². The summed E-state index contributed by atoms with van der Waals surface area (Å²) in [6, 6.07) is 2.08. The van der Waals surface area contributed by atoms with E-state index in [0.29, 0.717) is 16.9 Å². The Morgan fingerprint density at radius 3 is 2.83 bits per heavy atom. The van der Waals surface area contributed by atoms with E-state index in [0.717, 1.165) is 24.3 Å². The van der Waals surface area contributed by atoms with E-state index in [9.17, 15) is 4.79 Å². The molecule has 0 unspecified atom stereocenters. The Hall–Kier alpha value is -1.10. The molecule has 1 fully saturated rings.